The quantitative estimate of drug-likeness (QED) is 0.715. The van der Waals surface area contributed by atoms with Gasteiger partial charge in [-0.3, -0.25) is 0 Å². The number of rotatable bonds is 5. The van der Waals surface area contributed by atoms with Crippen molar-refractivity contribution in [2.45, 2.75) is 32.9 Å². The SMILES string of the molecule is CCC[PH](c1ccccc1)(c1ccccc1)C(C)C. The first-order valence-corrected chi connectivity index (χ1v) is 9.61. The molecule has 19 heavy (non-hydrogen) atoms. The van der Waals surface area contributed by atoms with Gasteiger partial charge in [0.05, 0.1) is 0 Å². The van der Waals surface area contributed by atoms with Crippen molar-refractivity contribution in [1.29, 1.82) is 0 Å². The molecular formula is C18H25P. The van der Waals surface area contributed by atoms with Crippen LogP contribution in [0.5, 0.6) is 0 Å². The summed E-state index contributed by atoms with van der Waals surface area (Å²) in [4.78, 5) is 0. The van der Waals surface area contributed by atoms with Crippen LogP contribution in [0.15, 0.2) is 60.7 Å². The second-order valence-corrected chi connectivity index (χ2v) is 10.4. The average molecular weight is 272 g/mol. The molecule has 0 atom stereocenters. The molecule has 0 fully saturated rings. The second-order valence-electron chi connectivity index (χ2n) is 5.61. The van der Waals surface area contributed by atoms with E-state index >= 15 is 0 Å². The van der Waals surface area contributed by atoms with Gasteiger partial charge in [-0.05, 0) is 0 Å². The Bertz CT molecular complexity index is 448. The van der Waals surface area contributed by atoms with E-state index in [0.29, 0.717) is 0 Å². The molecule has 102 valence electrons. The van der Waals surface area contributed by atoms with Gasteiger partial charge in [0.15, 0.2) is 0 Å². The molecule has 0 saturated heterocycles. The summed E-state index contributed by atoms with van der Waals surface area (Å²) in [5.41, 5.74) is 0.720. The fourth-order valence-corrected chi connectivity index (χ4v) is 8.46. The van der Waals surface area contributed by atoms with E-state index in [0.717, 1.165) is 5.66 Å². The van der Waals surface area contributed by atoms with Gasteiger partial charge >= 0.3 is 118 Å². The van der Waals surface area contributed by atoms with Crippen LogP contribution in [-0.2, 0) is 0 Å². The molecule has 0 N–H and O–H groups in total. The Balaban J connectivity index is 2.61. The van der Waals surface area contributed by atoms with Crippen LogP contribution >= 0.6 is 7.26 Å². The molecule has 0 amide bonds. The molecule has 2 aromatic carbocycles. The molecule has 0 aliphatic heterocycles. The Hall–Kier alpha value is -1.13. The summed E-state index contributed by atoms with van der Waals surface area (Å²) in [6, 6.07) is 22.4. The molecule has 0 heterocycles. The van der Waals surface area contributed by atoms with Gasteiger partial charge in [0, 0.05) is 0 Å². The Labute approximate surface area is 118 Å². The number of benzene rings is 2. The summed E-state index contributed by atoms with van der Waals surface area (Å²) in [7, 11) is -1.63. The van der Waals surface area contributed by atoms with Crippen LogP contribution in [0.1, 0.15) is 27.2 Å². The Morgan fingerprint density at radius 3 is 1.53 bits per heavy atom. The molecule has 0 bridgehead atoms. The maximum absolute atomic E-state index is 2.40. The molecule has 0 spiro atoms. The standard InChI is InChI=1S/C18H25P/c1-4-15-19(16(2)3,17-11-7-5-8-12-17)18-13-9-6-10-14-18/h5-14,16,19H,4,15H2,1-3H3. The van der Waals surface area contributed by atoms with Gasteiger partial charge < -0.3 is 0 Å². The van der Waals surface area contributed by atoms with Crippen molar-refractivity contribution in [3.63, 3.8) is 0 Å². The third-order valence-corrected chi connectivity index (χ3v) is 10.2. The van der Waals surface area contributed by atoms with Gasteiger partial charge in [0.2, 0.25) is 0 Å². The average Bonchev–Trinajstić information content (AvgIpc) is 2.46. The fourth-order valence-electron chi connectivity index (χ4n) is 3.28. The molecule has 2 aromatic rings. The van der Waals surface area contributed by atoms with Crippen molar-refractivity contribution in [2.24, 2.45) is 0 Å². The minimum atomic E-state index is -1.63. The van der Waals surface area contributed by atoms with Crippen molar-refractivity contribution in [2.75, 3.05) is 6.16 Å². The molecule has 0 radical (unpaired) electrons. The third-order valence-electron chi connectivity index (χ3n) is 4.21. The first kappa shape index (κ1) is 14.3. The summed E-state index contributed by atoms with van der Waals surface area (Å²) in [6.45, 7) is 7.12. The van der Waals surface area contributed by atoms with Crippen LogP contribution in [0.25, 0.3) is 0 Å². The van der Waals surface area contributed by atoms with Crippen LogP contribution in [0.2, 0.25) is 0 Å². The van der Waals surface area contributed by atoms with Gasteiger partial charge in [0.1, 0.15) is 0 Å². The fraction of sp³-hybridized carbons (Fsp3) is 0.333. The zero-order valence-corrected chi connectivity index (χ0v) is 13.3. The van der Waals surface area contributed by atoms with E-state index in [4.69, 9.17) is 0 Å². The van der Waals surface area contributed by atoms with E-state index < -0.39 is 7.26 Å². The molecular weight excluding hydrogens is 247 g/mol. The molecule has 0 aliphatic carbocycles. The maximum atomic E-state index is 2.40. The van der Waals surface area contributed by atoms with Crippen LogP contribution in [0, 0.1) is 0 Å². The van der Waals surface area contributed by atoms with Crippen LogP contribution in [-0.4, -0.2) is 11.8 Å². The molecule has 1 heteroatoms. The Kier molecular flexibility index (Phi) is 4.77. The van der Waals surface area contributed by atoms with Crippen molar-refractivity contribution in [1.82, 2.24) is 0 Å². The zero-order chi connectivity index (χ0) is 13.7. The van der Waals surface area contributed by atoms with Crippen molar-refractivity contribution < 1.29 is 0 Å². The van der Waals surface area contributed by atoms with Crippen LogP contribution in [0.4, 0.5) is 0 Å². The van der Waals surface area contributed by atoms with Crippen LogP contribution in [0.3, 0.4) is 0 Å². The zero-order valence-electron chi connectivity index (χ0n) is 12.3. The van der Waals surface area contributed by atoms with Gasteiger partial charge in [-0.25, -0.2) is 0 Å². The second kappa shape index (κ2) is 6.35. The molecule has 0 nitrogen and oxygen atoms in total. The monoisotopic (exact) mass is 272 g/mol. The summed E-state index contributed by atoms with van der Waals surface area (Å²) < 4.78 is 0. The summed E-state index contributed by atoms with van der Waals surface area (Å²) in [5.74, 6) is 0. The summed E-state index contributed by atoms with van der Waals surface area (Å²) in [6.07, 6.45) is 2.59. The van der Waals surface area contributed by atoms with E-state index in [2.05, 4.69) is 81.4 Å². The minimum absolute atomic E-state index is 0.720. The van der Waals surface area contributed by atoms with Gasteiger partial charge in [-0.1, -0.05) is 0 Å². The predicted molar refractivity (Wildman–Crippen MR) is 90.8 cm³/mol. The van der Waals surface area contributed by atoms with E-state index in [9.17, 15) is 0 Å². The molecule has 0 aromatic heterocycles. The van der Waals surface area contributed by atoms with Gasteiger partial charge in [-0.2, -0.15) is 0 Å². The van der Waals surface area contributed by atoms with Gasteiger partial charge in [0.25, 0.3) is 0 Å². The van der Waals surface area contributed by atoms with Crippen molar-refractivity contribution in [3.8, 4) is 0 Å². The number of hydrogen-bond acceptors (Lipinski definition) is 0. The summed E-state index contributed by atoms with van der Waals surface area (Å²) in [5, 5.41) is 3.16. The molecule has 0 unspecified atom stereocenters. The number of hydrogen-bond donors (Lipinski definition) is 0. The van der Waals surface area contributed by atoms with Crippen molar-refractivity contribution >= 4 is 17.9 Å². The van der Waals surface area contributed by atoms with E-state index in [1.54, 1.807) is 10.6 Å². The van der Waals surface area contributed by atoms with Crippen molar-refractivity contribution in [3.05, 3.63) is 60.7 Å². The van der Waals surface area contributed by atoms with E-state index in [-0.39, 0.29) is 0 Å². The molecule has 2 rings (SSSR count). The van der Waals surface area contributed by atoms with Crippen LogP contribution < -0.4 is 10.6 Å². The Morgan fingerprint density at radius 2 is 1.21 bits per heavy atom. The molecule has 0 saturated carbocycles. The first-order chi connectivity index (χ1) is 9.21. The molecule has 0 aliphatic rings. The Morgan fingerprint density at radius 1 is 0.789 bits per heavy atom. The van der Waals surface area contributed by atoms with E-state index in [1.807, 2.05) is 0 Å². The summed E-state index contributed by atoms with van der Waals surface area (Å²) >= 11 is 0. The predicted octanol–water partition coefficient (Wildman–Crippen LogP) is 4.21. The topological polar surface area (TPSA) is 0 Å². The first-order valence-electron chi connectivity index (χ1n) is 7.33. The third kappa shape index (κ3) is 2.74. The van der Waals surface area contributed by atoms with Gasteiger partial charge in [-0.15, -0.1) is 0 Å². The van der Waals surface area contributed by atoms with E-state index in [1.165, 1.54) is 12.6 Å². The normalized spacial score (nSPS) is 12.6.